The summed E-state index contributed by atoms with van der Waals surface area (Å²) in [6.45, 7) is 3.92. The van der Waals surface area contributed by atoms with Crippen molar-refractivity contribution in [3.05, 3.63) is 29.8 Å². The zero-order valence-electron chi connectivity index (χ0n) is 11.3. The number of amides is 1. The molecule has 0 aromatic heterocycles. The maximum atomic E-state index is 11.8. The van der Waals surface area contributed by atoms with E-state index in [0.29, 0.717) is 6.42 Å². The molecule has 3 N–H and O–H groups in total. The third-order valence-corrected chi connectivity index (χ3v) is 3.02. The molecule has 1 aromatic carbocycles. The Hall–Kier alpha value is -1.55. The van der Waals surface area contributed by atoms with Gasteiger partial charge in [0.1, 0.15) is 5.75 Å². The van der Waals surface area contributed by atoms with Gasteiger partial charge in [0, 0.05) is 5.56 Å². The maximum Gasteiger partial charge on any atom is 0.237 e. The Bertz CT molecular complexity index is 393. The summed E-state index contributed by atoms with van der Waals surface area (Å²) in [4.78, 5) is 11.8. The fourth-order valence-corrected chi connectivity index (χ4v) is 1.82. The molecule has 0 saturated carbocycles. The zero-order valence-corrected chi connectivity index (χ0v) is 11.3. The summed E-state index contributed by atoms with van der Waals surface area (Å²) >= 11 is 0. The van der Waals surface area contributed by atoms with Crippen LogP contribution in [0.2, 0.25) is 0 Å². The summed E-state index contributed by atoms with van der Waals surface area (Å²) in [5.74, 6) is 0.671. The van der Waals surface area contributed by atoms with Crippen LogP contribution < -0.4 is 15.8 Å². The molecule has 1 rings (SSSR count). The van der Waals surface area contributed by atoms with Gasteiger partial charge in [-0.1, -0.05) is 32.0 Å². The lowest BCUT2D eigenvalue weighted by Gasteiger charge is -2.21. The van der Waals surface area contributed by atoms with E-state index >= 15 is 0 Å². The standard InChI is InChI=1S/C14H22N2O2/c1-4-11(15)14(17)16-12(5-2)10-8-6-7-9-13(10)18-3/h6-9,11-12H,4-5,15H2,1-3H3,(H,16,17)/t11-,12?/m0/s1. The van der Waals surface area contributed by atoms with Crippen LogP contribution >= 0.6 is 0 Å². The average molecular weight is 250 g/mol. The lowest BCUT2D eigenvalue weighted by Crippen LogP contribution is -2.41. The van der Waals surface area contributed by atoms with Gasteiger partial charge in [0.25, 0.3) is 0 Å². The van der Waals surface area contributed by atoms with Crippen LogP contribution in [0.5, 0.6) is 5.75 Å². The van der Waals surface area contributed by atoms with Gasteiger partial charge >= 0.3 is 0 Å². The summed E-state index contributed by atoms with van der Waals surface area (Å²) < 4.78 is 5.31. The van der Waals surface area contributed by atoms with E-state index in [1.54, 1.807) is 7.11 Å². The van der Waals surface area contributed by atoms with E-state index in [1.165, 1.54) is 0 Å². The predicted molar refractivity (Wildman–Crippen MR) is 72.4 cm³/mol. The molecule has 2 atom stereocenters. The molecule has 100 valence electrons. The number of methoxy groups -OCH3 is 1. The van der Waals surface area contributed by atoms with Gasteiger partial charge in [-0.05, 0) is 18.9 Å². The molecule has 0 radical (unpaired) electrons. The SMILES string of the molecule is CCC(NC(=O)[C@@H](N)CC)c1ccccc1OC. The third-order valence-electron chi connectivity index (χ3n) is 3.02. The molecular formula is C14H22N2O2. The van der Waals surface area contributed by atoms with Crippen molar-refractivity contribution in [3.8, 4) is 5.75 Å². The molecule has 1 unspecified atom stereocenters. The number of para-hydroxylation sites is 1. The monoisotopic (exact) mass is 250 g/mol. The second-order valence-electron chi connectivity index (χ2n) is 4.23. The van der Waals surface area contributed by atoms with Crippen LogP contribution in [0.25, 0.3) is 0 Å². The van der Waals surface area contributed by atoms with Crippen molar-refractivity contribution in [2.24, 2.45) is 5.73 Å². The Labute approximate surface area is 109 Å². The van der Waals surface area contributed by atoms with Gasteiger partial charge < -0.3 is 15.8 Å². The minimum Gasteiger partial charge on any atom is -0.496 e. The van der Waals surface area contributed by atoms with E-state index in [0.717, 1.165) is 17.7 Å². The van der Waals surface area contributed by atoms with Crippen LogP contribution in [0.15, 0.2) is 24.3 Å². The van der Waals surface area contributed by atoms with Gasteiger partial charge in [-0.2, -0.15) is 0 Å². The molecule has 1 amide bonds. The molecule has 0 saturated heterocycles. The van der Waals surface area contributed by atoms with Crippen LogP contribution in [0.4, 0.5) is 0 Å². The highest BCUT2D eigenvalue weighted by molar-refractivity contribution is 5.81. The highest BCUT2D eigenvalue weighted by Gasteiger charge is 2.19. The van der Waals surface area contributed by atoms with E-state index in [9.17, 15) is 4.79 Å². The summed E-state index contributed by atoms with van der Waals surface area (Å²) in [5.41, 5.74) is 6.71. The van der Waals surface area contributed by atoms with E-state index in [-0.39, 0.29) is 11.9 Å². The third kappa shape index (κ3) is 3.47. The first-order valence-electron chi connectivity index (χ1n) is 6.32. The van der Waals surface area contributed by atoms with Gasteiger partial charge in [-0.15, -0.1) is 0 Å². The molecule has 0 spiro atoms. The average Bonchev–Trinajstić information content (AvgIpc) is 2.43. The molecule has 18 heavy (non-hydrogen) atoms. The Morgan fingerprint density at radius 1 is 1.33 bits per heavy atom. The fraction of sp³-hybridized carbons (Fsp3) is 0.500. The summed E-state index contributed by atoms with van der Waals surface area (Å²) in [5, 5.41) is 2.96. The Balaban J connectivity index is 2.86. The molecule has 1 aromatic rings. The van der Waals surface area contributed by atoms with Crippen LogP contribution in [0.1, 0.15) is 38.3 Å². The van der Waals surface area contributed by atoms with Crippen LogP contribution in [-0.2, 0) is 4.79 Å². The number of ether oxygens (including phenoxy) is 1. The molecule has 0 aliphatic carbocycles. The van der Waals surface area contributed by atoms with Gasteiger partial charge in [0.2, 0.25) is 5.91 Å². The molecule has 0 fully saturated rings. The number of nitrogens with two attached hydrogens (primary N) is 1. The molecule has 0 heterocycles. The molecule has 0 aliphatic heterocycles. The van der Waals surface area contributed by atoms with Gasteiger partial charge in [0.15, 0.2) is 0 Å². The number of carbonyl (C=O) groups excluding carboxylic acids is 1. The molecule has 0 bridgehead atoms. The topological polar surface area (TPSA) is 64.4 Å². The quantitative estimate of drug-likeness (QED) is 0.811. The predicted octanol–water partition coefficient (Wildman–Crippen LogP) is 2.00. The number of benzene rings is 1. The smallest absolute Gasteiger partial charge is 0.237 e. The van der Waals surface area contributed by atoms with E-state index < -0.39 is 6.04 Å². The van der Waals surface area contributed by atoms with Gasteiger partial charge in [-0.3, -0.25) is 4.79 Å². The highest BCUT2D eigenvalue weighted by Crippen LogP contribution is 2.26. The Kier molecular flexibility index (Phi) is 5.65. The number of hydrogen-bond acceptors (Lipinski definition) is 3. The van der Waals surface area contributed by atoms with Gasteiger partial charge in [0.05, 0.1) is 19.2 Å². The lowest BCUT2D eigenvalue weighted by molar-refractivity contribution is -0.123. The van der Waals surface area contributed by atoms with Crippen molar-refractivity contribution in [3.63, 3.8) is 0 Å². The molecular weight excluding hydrogens is 228 g/mol. The number of carbonyl (C=O) groups is 1. The minimum absolute atomic E-state index is 0.0637. The van der Waals surface area contributed by atoms with E-state index in [1.807, 2.05) is 38.1 Å². The lowest BCUT2D eigenvalue weighted by atomic mass is 10.0. The van der Waals surface area contributed by atoms with Crippen LogP contribution in [0.3, 0.4) is 0 Å². The second kappa shape index (κ2) is 7.01. The highest BCUT2D eigenvalue weighted by atomic mass is 16.5. The Morgan fingerprint density at radius 3 is 2.56 bits per heavy atom. The minimum atomic E-state index is -0.450. The van der Waals surface area contributed by atoms with Crippen molar-refractivity contribution < 1.29 is 9.53 Å². The first-order valence-corrected chi connectivity index (χ1v) is 6.32. The molecule has 0 aliphatic rings. The van der Waals surface area contributed by atoms with Crippen molar-refractivity contribution in [2.45, 2.75) is 38.8 Å². The fourth-order valence-electron chi connectivity index (χ4n) is 1.82. The van der Waals surface area contributed by atoms with Gasteiger partial charge in [-0.25, -0.2) is 0 Å². The zero-order chi connectivity index (χ0) is 13.5. The molecule has 4 heteroatoms. The number of hydrogen-bond donors (Lipinski definition) is 2. The second-order valence-corrected chi connectivity index (χ2v) is 4.23. The summed E-state index contributed by atoms with van der Waals surface area (Å²) in [6.07, 6.45) is 1.43. The van der Waals surface area contributed by atoms with Crippen LogP contribution in [0, 0.1) is 0 Å². The first-order chi connectivity index (χ1) is 8.63. The summed E-state index contributed by atoms with van der Waals surface area (Å²) in [7, 11) is 1.63. The van der Waals surface area contributed by atoms with E-state index in [2.05, 4.69) is 5.32 Å². The van der Waals surface area contributed by atoms with Crippen molar-refractivity contribution >= 4 is 5.91 Å². The van der Waals surface area contributed by atoms with Crippen molar-refractivity contribution in [1.29, 1.82) is 0 Å². The van der Waals surface area contributed by atoms with E-state index in [4.69, 9.17) is 10.5 Å². The number of rotatable bonds is 6. The largest absolute Gasteiger partial charge is 0.496 e. The van der Waals surface area contributed by atoms with Crippen molar-refractivity contribution in [1.82, 2.24) is 5.32 Å². The Morgan fingerprint density at radius 2 is 2.00 bits per heavy atom. The number of nitrogens with one attached hydrogen (secondary N) is 1. The van der Waals surface area contributed by atoms with Crippen molar-refractivity contribution in [2.75, 3.05) is 7.11 Å². The first kappa shape index (κ1) is 14.5. The maximum absolute atomic E-state index is 11.8. The summed E-state index contributed by atoms with van der Waals surface area (Å²) in [6, 6.07) is 7.19. The normalized spacial score (nSPS) is 13.8. The van der Waals surface area contributed by atoms with Crippen LogP contribution in [-0.4, -0.2) is 19.1 Å². The molecule has 4 nitrogen and oxygen atoms in total.